The zero-order valence-corrected chi connectivity index (χ0v) is 9.75. The van der Waals surface area contributed by atoms with Gasteiger partial charge in [0.1, 0.15) is 12.1 Å². The van der Waals surface area contributed by atoms with E-state index in [0.29, 0.717) is 0 Å². The fourth-order valence-electron chi connectivity index (χ4n) is 1.25. The van der Waals surface area contributed by atoms with Crippen LogP contribution in [0.4, 0.5) is 18.9 Å². The van der Waals surface area contributed by atoms with Gasteiger partial charge in [-0.05, 0) is 18.2 Å². The number of allylic oxidation sites excluding steroid dienone is 1. The standard InChI is InChI=1S/C12H8F3N3O/c1-19-11(8(6-16)7-17)18-10-4-2-3-9(5-10)12(13,14)15/h2-5,18H,1H3. The van der Waals surface area contributed by atoms with Crippen LogP contribution < -0.4 is 5.32 Å². The molecule has 4 nitrogen and oxygen atoms in total. The van der Waals surface area contributed by atoms with E-state index in [1.807, 2.05) is 0 Å². The van der Waals surface area contributed by atoms with Gasteiger partial charge in [-0.2, -0.15) is 23.7 Å². The van der Waals surface area contributed by atoms with Crippen LogP contribution in [-0.4, -0.2) is 7.11 Å². The van der Waals surface area contributed by atoms with Crippen LogP contribution in [0.15, 0.2) is 35.7 Å². The number of halogens is 3. The molecule has 0 aliphatic carbocycles. The zero-order valence-electron chi connectivity index (χ0n) is 9.75. The molecule has 1 aromatic carbocycles. The fourth-order valence-corrected chi connectivity index (χ4v) is 1.25. The number of anilines is 1. The normalized spacial score (nSPS) is 10.0. The van der Waals surface area contributed by atoms with Crippen LogP contribution in [-0.2, 0) is 10.9 Å². The second-order valence-electron chi connectivity index (χ2n) is 3.34. The van der Waals surface area contributed by atoms with E-state index in [1.165, 1.54) is 19.2 Å². The summed E-state index contributed by atoms with van der Waals surface area (Å²) in [6.07, 6.45) is -4.47. The van der Waals surface area contributed by atoms with Gasteiger partial charge in [-0.1, -0.05) is 6.07 Å². The molecule has 0 aromatic heterocycles. The van der Waals surface area contributed by atoms with E-state index in [0.717, 1.165) is 12.1 Å². The molecule has 0 saturated heterocycles. The van der Waals surface area contributed by atoms with E-state index in [1.54, 1.807) is 12.1 Å². The van der Waals surface area contributed by atoms with Gasteiger partial charge >= 0.3 is 6.18 Å². The Hall–Kier alpha value is -2.67. The van der Waals surface area contributed by atoms with E-state index in [-0.39, 0.29) is 17.1 Å². The van der Waals surface area contributed by atoms with Gasteiger partial charge in [0.15, 0.2) is 5.57 Å². The SMILES string of the molecule is COC(Nc1cccc(C(F)(F)F)c1)=C(C#N)C#N. The molecule has 7 heteroatoms. The third kappa shape index (κ3) is 3.65. The number of nitrogens with one attached hydrogen (secondary N) is 1. The molecule has 0 heterocycles. The Morgan fingerprint density at radius 2 is 1.89 bits per heavy atom. The topological polar surface area (TPSA) is 68.8 Å². The Morgan fingerprint density at radius 1 is 1.26 bits per heavy atom. The highest BCUT2D eigenvalue weighted by Gasteiger charge is 2.30. The second kappa shape index (κ2) is 5.78. The summed E-state index contributed by atoms with van der Waals surface area (Å²) in [5.41, 5.74) is -1.14. The second-order valence-corrected chi connectivity index (χ2v) is 3.34. The van der Waals surface area contributed by atoms with Crippen molar-refractivity contribution in [1.82, 2.24) is 0 Å². The van der Waals surface area contributed by atoms with Gasteiger partial charge in [0.05, 0.1) is 12.7 Å². The van der Waals surface area contributed by atoms with Crippen molar-refractivity contribution >= 4 is 5.69 Å². The molecule has 1 N–H and O–H groups in total. The average molecular weight is 267 g/mol. The zero-order chi connectivity index (χ0) is 14.5. The van der Waals surface area contributed by atoms with Crippen molar-refractivity contribution in [3.8, 4) is 12.1 Å². The minimum atomic E-state index is -4.47. The molecule has 19 heavy (non-hydrogen) atoms. The first-order valence-corrected chi connectivity index (χ1v) is 4.95. The minimum absolute atomic E-state index is 0.0645. The Morgan fingerprint density at radius 3 is 2.37 bits per heavy atom. The van der Waals surface area contributed by atoms with E-state index >= 15 is 0 Å². The molecule has 0 spiro atoms. The molecule has 1 rings (SSSR count). The molecule has 98 valence electrons. The predicted molar refractivity (Wildman–Crippen MR) is 60.3 cm³/mol. The van der Waals surface area contributed by atoms with Crippen molar-refractivity contribution in [2.24, 2.45) is 0 Å². The van der Waals surface area contributed by atoms with Crippen LogP contribution in [0.3, 0.4) is 0 Å². The Kier molecular flexibility index (Phi) is 4.38. The van der Waals surface area contributed by atoms with E-state index < -0.39 is 11.7 Å². The van der Waals surface area contributed by atoms with Crippen LogP contribution in [0.2, 0.25) is 0 Å². The smallest absolute Gasteiger partial charge is 0.416 e. The van der Waals surface area contributed by atoms with Gasteiger partial charge in [0.25, 0.3) is 0 Å². The summed E-state index contributed by atoms with van der Waals surface area (Å²) in [4.78, 5) is 0. The lowest BCUT2D eigenvalue weighted by molar-refractivity contribution is -0.137. The quantitative estimate of drug-likeness (QED) is 0.675. The van der Waals surface area contributed by atoms with Gasteiger partial charge in [-0.25, -0.2) is 0 Å². The number of methoxy groups -OCH3 is 1. The summed E-state index contributed by atoms with van der Waals surface area (Å²) in [6.45, 7) is 0. The van der Waals surface area contributed by atoms with E-state index in [9.17, 15) is 13.2 Å². The van der Waals surface area contributed by atoms with Gasteiger partial charge in [0, 0.05) is 5.69 Å². The molecule has 0 aliphatic rings. The highest BCUT2D eigenvalue weighted by Crippen LogP contribution is 2.31. The molecular formula is C12H8F3N3O. The van der Waals surface area contributed by atoms with Crippen LogP contribution in [0.25, 0.3) is 0 Å². The first-order chi connectivity index (χ1) is 8.92. The molecule has 0 bridgehead atoms. The Balaban J connectivity index is 3.11. The summed E-state index contributed by atoms with van der Waals surface area (Å²) in [5, 5.41) is 19.8. The molecule has 0 radical (unpaired) electrons. The molecule has 0 aliphatic heterocycles. The lowest BCUT2D eigenvalue weighted by atomic mass is 10.2. The third-order valence-electron chi connectivity index (χ3n) is 2.10. The van der Waals surface area contributed by atoms with Crippen molar-refractivity contribution in [2.45, 2.75) is 6.18 Å². The maximum atomic E-state index is 12.5. The summed E-state index contributed by atoms with van der Waals surface area (Å²) < 4.78 is 42.3. The van der Waals surface area contributed by atoms with Crippen LogP contribution in [0.5, 0.6) is 0 Å². The molecule has 0 fully saturated rings. The number of alkyl halides is 3. The monoisotopic (exact) mass is 267 g/mol. The van der Waals surface area contributed by atoms with E-state index in [4.69, 9.17) is 15.3 Å². The Labute approximate surface area is 107 Å². The average Bonchev–Trinajstić information content (AvgIpc) is 2.38. The van der Waals surface area contributed by atoms with Crippen LogP contribution in [0, 0.1) is 22.7 Å². The van der Waals surface area contributed by atoms with Crippen molar-refractivity contribution in [3.05, 3.63) is 41.3 Å². The Bertz CT molecular complexity index is 563. The highest BCUT2D eigenvalue weighted by atomic mass is 19.4. The number of nitriles is 2. The molecule has 0 saturated carbocycles. The number of nitrogens with zero attached hydrogens (tertiary/aromatic N) is 2. The van der Waals surface area contributed by atoms with E-state index in [2.05, 4.69) is 5.32 Å². The minimum Gasteiger partial charge on any atom is -0.481 e. The summed E-state index contributed by atoms with van der Waals surface area (Å²) in [5.74, 6) is -0.204. The highest BCUT2D eigenvalue weighted by molar-refractivity contribution is 5.53. The number of benzene rings is 1. The van der Waals surface area contributed by atoms with Crippen molar-refractivity contribution < 1.29 is 17.9 Å². The first kappa shape index (κ1) is 14.4. The number of hydrogen-bond donors (Lipinski definition) is 1. The van der Waals surface area contributed by atoms with Crippen molar-refractivity contribution in [1.29, 1.82) is 10.5 Å². The first-order valence-electron chi connectivity index (χ1n) is 4.95. The number of rotatable bonds is 3. The lowest BCUT2D eigenvalue weighted by Gasteiger charge is -2.12. The van der Waals surface area contributed by atoms with Crippen molar-refractivity contribution in [3.63, 3.8) is 0 Å². The fraction of sp³-hybridized carbons (Fsp3) is 0.167. The van der Waals surface area contributed by atoms with Crippen LogP contribution >= 0.6 is 0 Å². The summed E-state index contributed by atoms with van der Waals surface area (Å²) in [6, 6.07) is 7.49. The van der Waals surface area contributed by atoms with Gasteiger partial charge in [-0.3, -0.25) is 0 Å². The van der Waals surface area contributed by atoms with Crippen LogP contribution in [0.1, 0.15) is 5.56 Å². The molecule has 0 atom stereocenters. The maximum absolute atomic E-state index is 12.5. The molecule has 1 aromatic rings. The molecule has 0 amide bonds. The maximum Gasteiger partial charge on any atom is 0.416 e. The van der Waals surface area contributed by atoms with Gasteiger partial charge < -0.3 is 10.1 Å². The lowest BCUT2D eigenvalue weighted by Crippen LogP contribution is -2.08. The molecular weight excluding hydrogens is 259 g/mol. The van der Waals surface area contributed by atoms with Gasteiger partial charge in [-0.15, -0.1) is 0 Å². The summed E-state index contributed by atoms with van der Waals surface area (Å²) in [7, 11) is 1.20. The van der Waals surface area contributed by atoms with Gasteiger partial charge in [0.2, 0.25) is 5.88 Å². The summed E-state index contributed by atoms with van der Waals surface area (Å²) >= 11 is 0. The predicted octanol–water partition coefficient (Wildman–Crippen LogP) is 3.02. The number of hydrogen-bond acceptors (Lipinski definition) is 4. The van der Waals surface area contributed by atoms with Crippen molar-refractivity contribution in [2.75, 3.05) is 12.4 Å². The number of ether oxygens (including phenoxy) is 1. The largest absolute Gasteiger partial charge is 0.481 e. The third-order valence-corrected chi connectivity index (χ3v) is 2.10. The molecule has 0 unspecified atom stereocenters.